The van der Waals surface area contributed by atoms with E-state index in [1.165, 1.54) is 0 Å². The molecule has 1 aromatic heterocycles. The van der Waals surface area contributed by atoms with E-state index in [0.29, 0.717) is 13.0 Å². The molecule has 3 N–H and O–H groups in total. The predicted octanol–water partition coefficient (Wildman–Crippen LogP) is 1.38. The van der Waals surface area contributed by atoms with Gasteiger partial charge in [0.1, 0.15) is 5.82 Å². The number of carbonyl (C=O) groups excluding carboxylic acids is 1. The van der Waals surface area contributed by atoms with Crippen LogP contribution in [0.15, 0.2) is 24.3 Å². The van der Waals surface area contributed by atoms with Crippen LogP contribution in [0.1, 0.15) is 25.1 Å². The molecule has 0 radical (unpaired) electrons. The molecule has 1 aliphatic rings. The fourth-order valence-corrected chi connectivity index (χ4v) is 2.81. The number of hydrogen-bond acceptors (Lipinski definition) is 3. The minimum atomic E-state index is -0.471. The Hall–Kier alpha value is -1.88. The highest BCUT2D eigenvalue weighted by molar-refractivity contribution is 5.79. The van der Waals surface area contributed by atoms with Gasteiger partial charge in [0, 0.05) is 13.0 Å². The molecular weight excluding hydrogens is 254 g/mol. The lowest BCUT2D eigenvalue weighted by atomic mass is 10.1. The Morgan fingerprint density at radius 2 is 2.25 bits per heavy atom. The highest BCUT2D eigenvalue weighted by Crippen LogP contribution is 2.25. The standard InChI is InChI=1S/C15H19N3O2/c19-13-7-3-4-10(13)15(20)16-9-8-14-17-11-5-1-2-6-12(11)18-14/h1-2,5-6,10,13,19H,3-4,7-9H2,(H,16,20)(H,17,18). The second-order valence-electron chi connectivity index (χ2n) is 5.35. The van der Waals surface area contributed by atoms with E-state index in [0.717, 1.165) is 36.1 Å². The van der Waals surface area contributed by atoms with Crippen molar-refractivity contribution < 1.29 is 9.90 Å². The topological polar surface area (TPSA) is 78.0 Å². The van der Waals surface area contributed by atoms with Crippen LogP contribution in [0.25, 0.3) is 11.0 Å². The Bertz CT molecular complexity index is 575. The number of carbonyl (C=O) groups is 1. The first-order chi connectivity index (χ1) is 9.74. The summed E-state index contributed by atoms with van der Waals surface area (Å²) < 4.78 is 0. The molecule has 0 aliphatic heterocycles. The van der Waals surface area contributed by atoms with E-state index in [9.17, 15) is 9.90 Å². The van der Waals surface area contributed by atoms with Crippen molar-refractivity contribution >= 4 is 16.9 Å². The van der Waals surface area contributed by atoms with Crippen LogP contribution in [0.2, 0.25) is 0 Å². The van der Waals surface area contributed by atoms with Crippen molar-refractivity contribution in [1.82, 2.24) is 15.3 Å². The van der Waals surface area contributed by atoms with Crippen molar-refractivity contribution in [2.24, 2.45) is 5.92 Å². The van der Waals surface area contributed by atoms with Crippen molar-refractivity contribution in [3.05, 3.63) is 30.1 Å². The number of aromatic nitrogens is 2. The Balaban J connectivity index is 1.53. The lowest BCUT2D eigenvalue weighted by molar-refractivity contribution is -0.127. The molecule has 1 saturated carbocycles. The fraction of sp³-hybridized carbons (Fsp3) is 0.467. The van der Waals surface area contributed by atoms with Crippen LogP contribution in [0.3, 0.4) is 0 Å². The Morgan fingerprint density at radius 1 is 1.40 bits per heavy atom. The third-order valence-electron chi connectivity index (χ3n) is 3.92. The fourth-order valence-electron chi connectivity index (χ4n) is 2.81. The van der Waals surface area contributed by atoms with Gasteiger partial charge in [0.2, 0.25) is 5.91 Å². The van der Waals surface area contributed by atoms with Gasteiger partial charge in [0.05, 0.1) is 23.1 Å². The highest BCUT2D eigenvalue weighted by Gasteiger charge is 2.30. The third-order valence-corrected chi connectivity index (χ3v) is 3.92. The molecule has 1 aromatic carbocycles. The van der Waals surface area contributed by atoms with Crippen LogP contribution >= 0.6 is 0 Å². The molecule has 2 aromatic rings. The molecule has 2 atom stereocenters. The summed E-state index contributed by atoms with van der Waals surface area (Å²) in [5.74, 6) is 0.607. The molecule has 0 spiro atoms. The van der Waals surface area contributed by atoms with Crippen LogP contribution in [-0.2, 0) is 11.2 Å². The second-order valence-corrected chi connectivity index (χ2v) is 5.35. The Kier molecular flexibility index (Phi) is 3.69. The van der Waals surface area contributed by atoms with E-state index in [2.05, 4.69) is 15.3 Å². The summed E-state index contributed by atoms with van der Waals surface area (Å²) >= 11 is 0. The number of amides is 1. The average Bonchev–Trinajstić information content (AvgIpc) is 3.04. The quantitative estimate of drug-likeness (QED) is 0.787. The second kappa shape index (κ2) is 5.63. The van der Waals surface area contributed by atoms with Crippen molar-refractivity contribution in [2.45, 2.75) is 31.8 Å². The molecule has 106 valence electrons. The molecular formula is C15H19N3O2. The largest absolute Gasteiger partial charge is 0.392 e. The van der Waals surface area contributed by atoms with Gasteiger partial charge in [-0.2, -0.15) is 0 Å². The number of aliphatic hydroxyl groups is 1. The van der Waals surface area contributed by atoms with Crippen molar-refractivity contribution in [2.75, 3.05) is 6.54 Å². The third kappa shape index (κ3) is 2.67. The zero-order chi connectivity index (χ0) is 13.9. The molecule has 3 rings (SSSR count). The molecule has 5 heteroatoms. The predicted molar refractivity (Wildman–Crippen MR) is 76.2 cm³/mol. The maximum Gasteiger partial charge on any atom is 0.225 e. The summed E-state index contributed by atoms with van der Waals surface area (Å²) in [7, 11) is 0. The highest BCUT2D eigenvalue weighted by atomic mass is 16.3. The molecule has 5 nitrogen and oxygen atoms in total. The molecule has 20 heavy (non-hydrogen) atoms. The number of nitrogens with one attached hydrogen (secondary N) is 2. The number of benzene rings is 1. The van der Waals surface area contributed by atoms with Crippen LogP contribution in [0.4, 0.5) is 0 Å². The van der Waals surface area contributed by atoms with E-state index in [4.69, 9.17) is 0 Å². The van der Waals surface area contributed by atoms with E-state index in [1.54, 1.807) is 0 Å². The first-order valence-corrected chi connectivity index (χ1v) is 7.13. The number of para-hydroxylation sites is 2. The average molecular weight is 273 g/mol. The maximum absolute atomic E-state index is 11.9. The number of aliphatic hydroxyl groups excluding tert-OH is 1. The lowest BCUT2D eigenvalue weighted by Crippen LogP contribution is -2.35. The molecule has 0 bridgehead atoms. The van der Waals surface area contributed by atoms with Gasteiger partial charge in [-0.1, -0.05) is 12.1 Å². The van der Waals surface area contributed by atoms with Crippen molar-refractivity contribution in [1.29, 1.82) is 0 Å². The van der Waals surface area contributed by atoms with Gasteiger partial charge in [0.25, 0.3) is 0 Å². The summed E-state index contributed by atoms with van der Waals surface area (Å²) in [5, 5.41) is 12.6. The molecule has 0 saturated heterocycles. The minimum absolute atomic E-state index is 0.0360. The number of aromatic amines is 1. The summed E-state index contributed by atoms with van der Waals surface area (Å²) in [4.78, 5) is 19.6. The lowest BCUT2D eigenvalue weighted by Gasteiger charge is -2.13. The minimum Gasteiger partial charge on any atom is -0.392 e. The number of imidazole rings is 1. The van der Waals surface area contributed by atoms with Gasteiger partial charge in [0.15, 0.2) is 0 Å². The smallest absolute Gasteiger partial charge is 0.225 e. The monoisotopic (exact) mass is 273 g/mol. The Labute approximate surface area is 117 Å². The van der Waals surface area contributed by atoms with Gasteiger partial charge < -0.3 is 15.4 Å². The first-order valence-electron chi connectivity index (χ1n) is 7.13. The summed E-state index contributed by atoms with van der Waals surface area (Å²) in [5.41, 5.74) is 1.96. The van der Waals surface area contributed by atoms with Gasteiger partial charge in [-0.15, -0.1) is 0 Å². The SMILES string of the molecule is O=C(NCCc1nc2ccccc2[nH]1)C1CCCC1O. The van der Waals surface area contributed by atoms with E-state index in [1.807, 2.05) is 24.3 Å². The van der Waals surface area contributed by atoms with Crippen molar-refractivity contribution in [3.63, 3.8) is 0 Å². The van der Waals surface area contributed by atoms with Gasteiger partial charge in [-0.3, -0.25) is 4.79 Å². The molecule has 1 heterocycles. The zero-order valence-electron chi connectivity index (χ0n) is 11.3. The number of fused-ring (bicyclic) bond motifs is 1. The van der Waals surface area contributed by atoms with Gasteiger partial charge in [-0.25, -0.2) is 4.98 Å². The Morgan fingerprint density at radius 3 is 3.00 bits per heavy atom. The summed E-state index contributed by atoms with van der Waals surface area (Å²) in [6.45, 7) is 0.544. The van der Waals surface area contributed by atoms with Crippen LogP contribution in [0.5, 0.6) is 0 Å². The van der Waals surface area contributed by atoms with Gasteiger partial charge >= 0.3 is 0 Å². The number of nitrogens with zero attached hydrogens (tertiary/aromatic N) is 1. The van der Waals surface area contributed by atoms with E-state index < -0.39 is 6.10 Å². The number of rotatable bonds is 4. The van der Waals surface area contributed by atoms with Crippen LogP contribution < -0.4 is 5.32 Å². The number of hydrogen-bond donors (Lipinski definition) is 3. The maximum atomic E-state index is 11.9. The molecule has 2 unspecified atom stereocenters. The normalized spacial score (nSPS) is 22.2. The van der Waals surface area contributed by atoms with E-state index in [-0.39, 0.29) is 11.8 Å². The zero-order valence-corrected chi connectivity index (χ0v) is 11.3. The summed E-state index contributed by atoms with van der Waals surface area (Å²) in [6.07, 6.45) is 2.66. The molecule has 1 amide bonds. The molecule has 1 fully saturated rings. The van der Waals surface area contributed by atoms with Gasteiger partial charge in [-0.05, 0) is 31.4 Å². The van der Waals surface area contributed by atoms with Crippen LogP contribution in [0, 0.1) is 5.92 Å². The van der Waals surface area contributed by atoms with Crippen molar-refractivity contribution in [3.8, 4) is 0 Å². The van der Waals surface area contributed by atoms with E-state index >= 15 is 0 Å². The first kappa shape index (κ1) is 13.1. The summed E-state index contributed by atoms with van der Waals surface area (Å²) in [6, 6.07) is 7.87. The molecule has 1 aliphatic carbocycles. The number of H-pyrrole nitrogens is 1. The van der Waals surface area contributed by atoms with Crippen LogP contribution in [-0.4, -0.2) is 33.6 Å².